The van der Waals surface area contributed by atoms with Crippen LogP contribution in [0.5, 0.6) is 0 Å². The Morgan fingerprint density at radius 3 is 1.93 bits per heavy atom. The first-order valence-electron chi connectivity index (χ1n) is 4.39. The van der Waals surface area contributed by atoms with Crippen LogP contribution in [0.15, 0.2) is 0 Å². The van der Waals surface area contributed by atoms with Crippen molar-refractivity contribution in [3.8, 4) is 0 Å². The number of carbonyl (C=O) groups excluding carboxylic acids is 2. The lowest BCUT2D eigenvalue weighted by molar-refractivity contribution is -0.132. The minimum Gasteiger partial charge on any atom is -0.370 e. The van der Waals surface area contributed by atoms with Crippen molar-refractivity contribution in [3.05, 3.63) is 0 Å². The lowest BCUT2D eigenvalue weighted by atomic mass is 10.2. The van der Waals surface area contributed by atoms with Crippen molar-refractivity contribution < 1.29 is 9.59 Å². The Labute approximate surface area is 95.0 Å². The molecule has 14 heavy (non-hydrogen) atoms. The van der Waals surface area contributed by atoms with Gasteiger partial charge in [0.25, 0.3) is 0 Å². The molecule has 0 aromatic heterocycles. The van der Waals surface area contributed by atoms with Gasteiger partial charge in [0, 0.05) is 37.4 Å². The molecule has 0 rings (SSSR count). The average molecular weight is 236 g/mol. The van der Waals surface area contributed by atoms with Gasteiger partial charge in [0.05, 0.1) is 0 Å². The number of hydrogen-bond donors (Lipinski definition) is 3. The molecular weight excluding hydrogens is 220 g/mol. The molecule has 0 saturated heterocycles. The summed E-state index contributed by atoms with van der Waals surface area (Å²) in [5.74, 6) is 0.702. The zero-order chi connectivity index (χ0) is 11.0. The number of primary amides is 1. The Morgan fingerprint density at radius 1 is 1.07 bits per heavy atom. The summed E-state index contributed by atoms with van der Waals surface area (Å²) < 4.78 is 0. The highest BCUT2D eigenvalue weighted by molar-refractivity contribution is 7.80. The molecule has 0 aromatic carbocycles. The largest absolute Gasteiger partial charge is 0.370 e. The van der Waals surface area contributed by atoms with Gasteiger partial charge in [0.15, 0.2) is 0 Å². The molecule has 0 aromatic rings. The third-order valence-corrected chi connectivity index (χ3v) is 2.08. The van der Waals surface area contributed by atoms with E-state index in [1.165, 1.54) is 0 Å². The second-order valence-electron chi connectivity index (χ2n) is 2.79. The van der Waals surface area contributed by atoms with E-state index in [2.05, 4.69) is 25.3 Å². The molecule has 0 unspecified atom stereocenters. The molecule has 6 heteroatoms. The minimum atomic E-state index is -0.449. The molecule has 0 aliphatic heterocycles. The summed E-state index contributed by atoms with van der Waals surface area (Å²) in [5.41, 5.74) is 4.95. The molecule has 0 atom stereocenters. The molecule has 0 fully saturated rings. The van der Waals surface area contributed by atoms with Crippen molar-refractivity contribution in [1.29, 1.82) is 0 Å². The lowest BCUT2D eigenvalue weighted by Crippen LogP contribution is -2.34. The Kier molecular flexibility index (Phi) is 7.78. The van der Waals surface area contributed by atoms with Gasteiger partial charge in [-0.05, 0) is 0 Å². The van der Waals surface area contributed by atoms with Crippen LogP contribution in [0.4, 0.5) is 0 Å². The van der Waals surface area contributed by atoms with E-state index < -0.39 is 5.91 Å². The number of rotatable bonds is 7. The topological polar surface area (TPSA) is 63.4 Å². The maximum Gasteiger partial charge on any atom is 0.223 e. The number of hydrogen-bond acceptors (Lipinski definition) is 4. The second kappa shape index (κ2) is 7.99. The summed E-state index contributed by atoms with van der Waals surface area (Å²) in [5, 5.41) is 0. The van der Waals surface area contributed by atoms with Crippen LogP contribution in [-0.4, -0.2) is 41.3 Å². The molecule has 4 nitrogen and oxygen atoms in total. The number of thiol groups is 2. The Morgan fingerprint density at radius 2 is 1.57 bits per heavy atom. The SMILES string of the molecule is NC(=O)CCC(=O)N(CCS)CCS. The van der Waals surface area contributed by atoms with E-state index in [4.69, 9.17) is 5.73 Å². The molecule has 0 spiro atoms. The summed E-state index contributed by atoms with van der Waals surface area (Å²) in [4.78, 5) is 23.6. The standard InChI is InChI=1S/C8H16N2O2S2/c9-7(11)1-2-8(12)10(3-5-13)4-6-14/h13-14H,1-6H2,(H2,9,11). The van der Waals surface area contributed by atoms with Crippen molar-refractivity contribution >= 4 is 37.1 Å². The Bertz CT molecular complexity index is 194. The van der Waals surface area contributed by atoms with Crippen LogP contribution in [0, 0.1) is 0 Å². The van der Waals surface area contributed by atoms with Crippen LogP contribution in [-0.2, 0) is 9.59 Å². The summed E-state index contributed by atoms with van der Waals surface area (Å²) >= 11 is 8.09. The van der Waals surface area contributed by atoms with Gasteiger partial charge in [-0.25, -0.2) is 0 Å². The maximum absolute atomic E-state index is 11.5. The van der Waals surface area contributed by atoms with Crippen molar-refractivity contribution in [1.82, 2.24) is 4.90 Å². The van der Waals surface area contributed by atoms with E-state index in [1.54, 1.807) is 4.90 Å². The Hall–Kier alpha value is -0.360. The molecule has 2 N–H and O–H groups in total. The van der Waals surface area contributed by atoms with E-state index >= 15 is 0 Å². The van der Waals surface area contributed by atoms with Gasteiger partial charge in [0.1, 0.15) is 0 Å². The molecule has 0 saturated carbocycles. The fraction of sp³-hybridized carbons (Fsp3) is 0.750. The first-order valence-corrected chi connectivity index (χ1v) is 5.66. The van der Waals surface area contributed by atoms with Gasteiger partial charge in [-0.15, -0.1) is 0 Å². The minimum absolute atomic E-state index is 0.0631. The van der Waals surface area contributed by atoms with Crippen molar-refractivity contribution in [2.24, 2.45) is 5.73 Å². The molecule has 2 amide bonds. The predicted molar refractivity (Wildman–Crippen MR) is 62.7 cm³/mol. The molecule has 0 radical (unpaired) electrons. The molecule has 0 heterocycles. The van der Waals surface area contributed by atoms with Crippen molar-refractivity contribution in [2.75, 3.05) is 24.6 Å². The number of amides is 2. The van der Waals surface area contributed by atoms with Gasteiger partial charge in [-0.2, -0.15) is 25.3 Å². The molecule has 0 bridgehead atoms. The number of nitrogens with two attached hydrogens (primary N) is 1. The van der Waals surface area contributed by atoms with Crippen LogP contribution in [0.1, 0.15) is 12.8 Å². The highest BCUT2D eigenvalue weighted by atomic mass is 32.1. The van der Waals surface area contributed by atoms with Gasteiger partial charge < -0.3 is 10.6 Å². The van der Waals surface area contributed by atoms with Gasteiger partial charge >= 0.3 is 0 Å². The van der Waals surface area contributed by atoms with Crippen LogP contribution in [0.25, 0.3) is 0 Å². The van der Waals surface area contributed by atoms with E-state index in [0.29, 0.717) is 24.6 Å². The lowest BCUT2D eigenvalue weighted by Gasteiger charge is -2.20. The fourth-order valence-corrected chi connectivity index (χ4v) is 1.47. The first-order chi connectivity index (χ1) is 6.61. The summed E-state index contributed by atoms with van der Waals surface area (Å²) in [6.07, 6.45) is 0.283. The highest BCUT2D eigenvalue weighted by Crippen LogP contribution is 1.99. The van der Waals surface area contributed by atoms with Crippen LogP contribution < -0.4 is 5.73 Å². The van der Waals surface area contributed by atoms with E-state index in [1.807, 2.05) is 0 Å². The van der Waals surface area contributed by atoms with E-state index in [9.17, 15) is 9.59 Å². The van der Waals surface area contributed by atoms with Crippen LogP contribution in [0.3, 0.4) is 0 Å². The third kappa shape index (κ3) is 6.15. The second-order valence-corrected chi connectivity index (χ2v) is 3.69. The van der Waals surface area contributed by atoms with Gasteiger partial charge in [-0.1, -0.05) is 0 Å². The highest BCUT2D eigenvalue weighted by Gasteiger charge is 2.12. The first kappa shape index (κ1) is 13.6. The Balaban J connectivity index is 3.94. The van der Waals surface area contributed by atoms with E-state index in [0.717, 1.165) is 0 Å². The number of carbonyl (C=O) groups is 2. The molecule has 82 valence electrons. The van der Waals surface area contributed by atoms with Crippen molar-refractivity contribution in [3.63, 3.8) is 0 Å². The summed E-state index contributed by atoms with van der Waals surface area (Å²) in [6, 6.07) is 0. The van der Waals surface area contributed by atoms with Gasteiger partial charge in [-0.3, -0.25) is 9.59 Å². The van der Waals surface area contributed by atoms with Crippen LogP contribution in [0.2, 0.25) is 0 Å². The molecular formula is C8H16N2O2S2. The zero-order valence-electron chi connectivity index (χ0n) is 7.98. The summed E-state index contributed by atoms with van der Waals surface area (Å²) in [6.45, 7) is 1.17. The zero-order valence-corrected chi connectivity index (χ0v) is 9.77. The summed E-state index contributed by atoms with van der Waals surface area (Å²) in [7, 11) is 0. The monoisotopic (exact) mass is 236 g/mol. The molecule has 0 aliphatic carbocycles. The third-order valence-electron chi connectivity index (χ3n) is 1.68. The van der Waals surface area contributed by atoms with Crippen LogP contribution >= 0.6 is 25.3 Å². The number of nitrogens with zero attached hydrogens (tertiary/aromatic N) is 1. The normalized spacial score (nSPS) is 9.86. The molecule has 0 aliphatic rings. The van der Waals surface area contributed by atoms with Crippen molar-refractivity contribution in [2.45, 2.75) is 12.8 Å². The quantitative estimate of drug-likeness (QED) is 0.542. The van der Waals surface area contributed by atoms with Gasteiger partial charge in [0.2, 0.25) is 11.8 Å². The smallest absolute Gasteiger partial charge is 0.223 e. The predicted octanol–water partition coefficient (Wildman–Crippen LogP) is -0.0599. The van der Waals surface area contributed by atoms with E-state index in [-0.39, 0.29) is 18.7 Å². The fourth-order valence-electron chi connectivity index (χ4n) is 0.991. The maximum atomic E-state index is 11.5. The average Bonchev–Trinajstić information content (AvgIpc) is 2.14.